The fraction of sp³-hybridized carbons (Fsp3) is 0.444. The van der Waals surface area contributed by atoms with Gasteiger partial charge in [0.25, 0.3) is 5.91 Å². The molecule has 0 saturated carbocycles. The van der Waals surface area contributed by atoms with E-state index in [2.05, 4.69) is 43.3 Å². The Labute approximate surface area is 205 Å². The maximum absolute atomic E-state index is 12.8. The molecule has 1 saturated heterocycles. The Kier molecular flexibility index (Phi) is 5.29. The van der Waals surface area contributed by atoms with Crippen LogP contribution in [0.15, 0.2) is 36.7 Å². The summed E-state index contributed by atoms with van der Waals surface area (Å²) >= 11 is 0. The molecule has 3 aromatic rings. The van der Waals surface area contributed by atoms with Gasteiger partial charge in [0, 0.05) is 36.9 Å². The lowest BCUT2D eigenvalue weighted by atomic mass is 9.90. The molecule has 35 heavy (non-hydrogen) atoms. The van der Waals surface area contributed by atoms with Gasteiger partial charge >= 0.3 is 0 Å². The highest BCUT2D eigenvalue weighted by molar-refractivity contribution is 6.06. The number of rotatable bonds is 4. The fourth-order valence-electron chi connectivity index (χ4n) is 5.74. The molecule has 5 heterocycles. The molecule has 182 valence electrons. The Morgan fingerprint density at radius 3 is 2.89 bits per heavy atom. The molecular formula is C27H32N6O2. The van der Waals surface area contributed by atoms with Crippen molar-refractivity contribution < 1.29 is 9.90 Å². The molecule has 3 aliphatic heterocycles. The minimum absolute atomic E-state index is 0.0635. The van der Waals surface area contributed by atoms with Crippen LogP contribution >= 0.6 is 0 Å². The van der Waals surface area contributed by atoms with E-state index in [0.717, 1.165) is 60.3 Å². The SMILES string of the molecule is C[C@H]1CC[C@](C)(O)CN1c1ccc(Nc2ccc(-c3cnn4c3CCCC4)c3c2C(=O)NC3)nc1. The van der Waals surface area contributed by atoms with Gasteiger partial charge in [0.1, 0.15) is 5.82 Å². The van der Waals surface area contributed by atoms with Crippen LogP contribution in [0.5, 0.6) is 0 Å². The Bertz CT molecular complexity index is 1280. The number of hydrogen-bond donors (Lipinski definition) is 3. The van der Waals surface area contributed by atoms with Crippen molar-refractivity contribution in [2.75, 3.05) is 16.8 Å². The maximum atomic E-state index is 12.8. The lowest BCUT2D eigenvalue weighted by Crippen LogP contribution is -2.50. The summed E-state index contributed by atoms with van der Waals surface area (Å²) in [6, 6.07) is 8.39. The van der Waals surface area contributed by atoms with E-state index in [0.29, 0.717) is 30.5 Å². The topological polar surface area (TPSA) is 95.3 Å². The predicted molar refractivity (Wildman–Crippen MR) is 136 cm³/mol. The number of pyridine rings is 1. The van der Waals surface area contributed by atoms with Crippen molar-refractivity contribution in [3.05, 3.63) is 53.5 Å². The van der Waals surface area contributed by atoms with E-state index in [-0.39, 0.29) is 5.91 Å². The third kappa shape index (κ3) is 3.95. The van der Waals surface area contributed by atoms with Crippen molar-refractivity contribution in [3.8, 4) is 11.1 Å². The zero-order valence-corrected chi connectivity index (χ0v) is 20.3. The Balaban J connectivity index is 1.28. The number of benzene rings is 1. The number of β-amino-alcohol motifs (C(OH)–C–C–N with tert-alkyl or cyclic N) is 1. The number of carbonyl (C=O) groups is 1. The van der Waals surface area contributed by atoms with Gasteiger partial charge < -0.3 is 20.6 Å². The number of carbonyl (C=O) groups excluding carboxylic acids is 1. The predicted octanol–water partition coefficient (Wildman–Crippen LogP) is 4.01. The number of hydrogen-bond acceptors (Lipinski definition) is 6. The maximum Gasteiger partial charge on any atom is 0.254 e. The van der Waals surface area contributed by atoms with Gasteiger partial charge in [-0.15, -0.1) is 0 Å². The number of amides is 1. The van der Waals surface area contributed by atoms with E-state index in [1.54, 1.807) is 0 Å². The monoisotopic (exact) mass is 472 g/mol. The molecule has 0 unspecified atom stereocenters. The number of aryl methyl sites for hydroxylation is 1. The first kappa shape index (κ1) is 22.1. The van der Waals surface area contributed by atoms with Gasteiger partial charge in [-0.3, -0.25) is 9.48 Å². The zero-order valence-electron chi connectivity index (χ0n) is 20.3. The minimum Gasteiger partial charge on any atom is -0.388 e. The van der Waals surface area contributed by atoms with Gasteiger partial charge in [0.2, 0.25) is 0 Å². The lowest BCUT2D eigenvalue weighted by molar-refractivity contribution is 0.0378. The highest BCUT2D eigenvalue weighted by Gasteiger charge is 2.33. The summed E-state index contributed by atoms with van der Waals surface area (Å²) in [5, 5.41) is 21.5. The Hall–Kier alpha value is -3.39. The molecule has 0 spiro atoms. The molecule has 6 rings (SSSR count). The molecule has 3 N–H and O–H groups in total. The van der Waals surface area contributed by atoms with Crippen LogP contribution in [0.2, 0.25) is 0 Å². The molecule has 8 heteroatoms. The van der Waals surface area contributed by atoms with E-state index in [1.165, 1.54) is 12.1 Å². The lowest BCUT2D eigenvalue weighted by Gasteiger charge is -2.42. The second kappa shape index (κ2) is 8.37. The normalized spacial score (nSPS) is 23.6. The molecule has 2 atom stereocenters. The first-order chi connectivity index (χ1) is 16.9. The summed E-state index contributed by atoms with van der Waals surface area (Å²) in [5.74, 6) is 0.620. The van der Waals surface area contributed by atoms with Gasteiger partial charge in [-0.1, -0.05) is 6.07 Å². The second-order valence-corrected chi connectivity index (χ2v) is 10.4. The fourth-order valence-corrected chi connectivity index (χ4v) is 5.74. The number of nitrogens with one attached hydrogen (secondary N) is 2. The third-order valence-corrected chi connectivity index (χ3v) is 7.72. The average molecular weight is 473 g/mol. The highest BCUT2D eigenvalue weighted by Crippen LogP contribution is 2.38. The highest BCUT2D eigenvalue weighted by atomic mass is 16.3. The molecule has 3 aliphatic rings. The van der Waals surface area contributed by atoms with Crippen LogP contribution in [0.3, 0.4) is 0 Å². The van der Waals surface area contributed by atoms with Crippen molar-refractivity contribution in [2.24, 2.45) is 0 Å². The van der Waals surface area contributed by atoms with Gasteiger partial charge in [-0.2, -0.15) is 5.10 Å². The smallest absolute Gasteiger partial charge is 0.254 e. The molecule has 1 amide bonds. The Morgan fingerprint density at radius 1 is 1.17 bits per heavy atom. The summed E-state index contributed by atoms with van der Waals surface area (Å²) in [4.78, 5) is 19.7. The Morgan fingerprint density at radius 2 is 2.06 bits per heavy atom. The molecular weight excluding hydrogens is 440 g/mol. The van der Waals surface area contributed by atoms with Crippen molar-refractivity contribution >= 4 is 23.1 Å². The van der Waals surface area contributed by atoms with Crippen molar-refractivity contribution in [2.45, 2.75) is 70.7 Å². The van der Waals surface area contributed by atoms with E-state index in [4.69, 9.17) is 0 Å². The molecule has 0 radical (unpaired) electrons. The number of aromatic nitrogens is 3. The third-order valence-electron chi connectivity index (χ3n) is 7.72. The molecule has 0 aliphatic carbocycles. The molecule has 0 bridgehead atoms. The van der Waals surface area contributed by atoms with Crippen LogP contribution in [0.4, 0.5) is 17.2 Å². The summed E-state index contributed by atoms with van der Waals surface area (Å²) in [6.07, 6.45) is 8.90. The van der Waals surface area contributed by atoms with E-state index >= 15 is 0 Å². The number of aliphatic hydroxyl groups is 1. The summed E-state index contributed by atoms with van der Waals surface area (Å²) in [7, 11) is 0. The minimum atomic E-state index is -0.686. The van der Waals surface area contributed by atoms with Crippen LogP contribution < -0.4 is 15.5 Å². The van der Waals surface area contributed by atoms with E-state index < -0.39 is 5.60 Å². The molecule has 1 fully saturated rings. The zero-order chi connectivity index (χ0) is 24.2. The van der Waals surface area contributed by atoms with Gasteiger partial charge in [0.05, 0.1) is 34.9 Å². The van der Waals surface area contributed by atoms with Crippen LogP contribution in [-0.2, 0) is 19.5 Å². The van der Waals surface area contributed by atoms with E-state index in [9.17, 15) is 9.90 Å². The quantitative estimate of drug-likeness (QED) is 0.531. The van der Waals surface area contributed by atoms with Crippen molar-refractivity contribution in [1.29, 1.82) is 0 Å². The first-order valence-electron chi connectivity index (χ1n) is 12.6. The first-order valence-corrected chi connectivity index (χ1v) is 12.6. The number of piperidine rings is 1. The van der Waals surface area contributed by atoms with Crippen molar-refractivity contribution in [1.82, 2.24) is 20.1 Å². The van der Waals surface area contributed by atoms with E-state index in [1.807, 2.05) is 37.5 Å². The standard InChI is InChI=1S/C27H32N6O2/c1-17-10-11-27(2,35)16-32(17)18-6-9-24(28-13-18)31-22-8-7-19(21-14-29-26(34)25(21)22)20-15-30-33-12-4-3-5-23(20)33/h6-9,13,15,17,35H,3-5,10-12,14,16H2,1-2H3,(H,28,31)(H,29,34)/t17-,27-/m0/s1. The van der Waals surface area contributed by atoms with Crippen LogP contribution in [0, 0.1) is 0 Å². The van der Waals surface area contributed by atoms with Crippen LogP contribution in [-0.4, -0.2) is 44.0 Å². The molecule has 2 aromatic heterocycles. The summed E-state index contributed by atoms with van der Waals surface area (Å²) in [6.45, 7) is 6.15. The summed E-state index contributed by atoms with van der Waals surface area (Å²) < 4.78 is 2.11. The molecule has 8 nitrogen and oxygen atoms in total. The van der Waals surface area contributed by atoms with Crippen LogP contribution in [0.25, 0.3) is 11.1 Å². The van der Waals surface area contributed by atoms with Gasteiger partial charge in [-0.05, 0) is 75.3 Å². The second-order valence-electron chi connectivity index (χ2n) is 10.4. The average Bonchev–Trinajstić information content (AvgIpc) is 3.46. The summed E-state index contributed by atoms with van der Waals surface area (Å²) in [5.41, 5.74) is 6.25. The van der Waals surface area contributed by atoms with Crippen molar-refractivity contribution in [3.63, 3.8) is 0 Å². The number of nitrogens with zero attached hydrogens (tertiary/aromatic N) is 4. The van der Waals surface area contributed by atoms with Crippen LogP contribution in [0.1, 0.15) is 61.1 Å². The van der Waals surface area contributed by atoms with Gasteiger partial charge in [-0.25, -0.2) is 4.98 Å². The number of fused-ring (bicyclic) bond motifs is 2. The number of anilines is 3. The van der Waals surface area contributed by atoms with Gasteiger partial charge in [0.15, 0.2) is 0 Å². The molecule has 1 aromatic carbocycles. The largest absolute Gasteiger partial charge is 0.388 e.